The van der Waals surface area contributed by atoms with Crippen molar-refractivity contribution in [3.8, 4) is 5.69 Å². The number of likely N-dealkylation sites (N-methyl/N-ethyl adjacent to an activating group) is 1. The van der Waals surface area contributed by atoms with Crippen LogP contribution in [0.2, 0.25) is 0 Å². The van der Waals surface area contributed by atoms with E-state index in [1.165, 1.54) is 0 Å². The maximum Gasteiger partial charge on any atom is 0.0838 e. The molecule has 0 spiro atoms. The van der Waals surface area contributed by atoms with Crippen LogP contribution in [0.25, 0.3) is 5.69 Å². The van der Waals surface area contributed by atoms with Crippen LogP contribution >= 0.6 is 0 Å². The number of methoxy groups -OCH3 is 1. The van der Waals surface area contributed by atoms with Crippen LogP contribution in [0.4, 0.5) is 0 Å². The standard InChI is InChI=1S/C15H22N4O2/c1-3-16-14(12-21-10-9-20-2)15-11-17-18-19(15)13-7-5-4-6-8-13/h4-8,11,14,16H,3,9-10,12H2,1-2H3. The summed E-state index contributed by atoms with van der Waals surface area (Å²) in [6.07, 6.45) is 1.78. The van der Waals surface area contributed by atoms with Crippen molar-refractivity contribution in [1.29, 1.82) is 0 Å². The quantitative estimate of drug-likeness (QED) is 0.711. The van der Waals surface area contributed by atoms with Gasteiger partial charge in [0.25, 0.3) is 0 Å². The first-order chi connectivity index (χ1) is 10.4. The number of nitrogens with one attached hydrogen (secondary N) is 1. The molecule has 2 rings (SSSR count). The molecule has 0 radical (unpaired) electrons. The van der Waals surface area contributed by atoms with E-state index in [1.54, 1.807) is 13.3 Å². The largest absolute Gasteiger partial charge is 0.382 e. The molecule has 1 unspecified atom stereocenters. The van der Waals surface area contributed by atoms with Crippen LogP contribution in [0.3, 0.4) is 0 Å². The summed E-state index contributed by atoms with van der Waals surface area (Å²) < 4.78 is 12.5. The van der Waals surface area contributed by atoms with Gasteiger partial charge in [-0.25, -0.2) is 4.68 Å². The SMILES string of the molecule is CCNC(COCCOC)c1cnnn1-c1ccccc1. The van der Waals surface area contributed by atoms with E-state index in [0.717, 1.165) is 17.9 Å². The van der Waals surface area contributed by atoms with E-state index in [-0.39, 0.29) is 6.04 Å². The third kappa shape index (κ3) is 4.35. The molecule has 0 aliphatic carbocycles. The second-order valence-electron chi connectivity index (χ2n) is 4.58. The molecule has 6 heteroatoms. The van der Waals surface area contributed by atoms with Crippen LogP contribution in [0.1, 0.15) is 18.7 Å². The molecule has 0 aliphatic rings. The van der Waals surface area contributed by atoms with Crippen molar-refractivity contribution >= 4 is 0 Å². The van der Waals surface area contributed by atoms with Gasteiger partial charge in [-0.05, 0) is 18.7 Å². The highest BCUT2D eigenvalue weighted by Crippen LogP contribution is 2.16. The Hall–Kier alpha value is -1.76. The van der Waals surface area contributed by atoms with E-state index >= 15 is 0 Å². The third-order valence-electron chi connectivity index (χ3n) is 3.10. The topological polar surface area (TPSA) is 61.2 Å². The molecule has 1 heterocycles. The van der Waals surface area contributed by atoms with Crippen LogP contribution < -0.4 is 5.32 Å². The minimum atomic E-state index is 0.0436. The van der Waals surface area contributed by atoms with Crippen LogP contribution in [0, 0.1) is 0 Å². The Morgan fingerprint density at radius 2 is 2.05 bits per heavy atom. The van der Waals surface area contributed by atoms with Crippen molar-refractivity contribution in [2.45, 2.75) is 13.0 Å². The van der Waals surface area contributed by atoms with Crippen molar-refractivity contribution < 1.29 is 9.47 Å². The molecule has 0 aliphatic heterocycles. The lowest BCUT2D eigenvalue weighted by Gasteiger charge is -2.18. The van der Waals surface area contributed by atoms with Gasteiger partial charge in [-0.3, -0.25) is 0 Å². The number of rotatable bonds is 9. The molecule has 0 saturated heterocycles. The molecule has 6 nitrogen and oxygen atoms in total. The van der Waals surface area contributed by atoms with Gasteiger partial charge in [0, 0.05) is 7.11 Å². The predicted octanol–water partition coefficient (Wildman–Crippen LogP) is 1.58. The molecule has 0 bridgehead atoms. The number of aromatic nitrogens is 3. The second kappa shape index (κ2) is 8.51. The number of ether oxygens (including phenoxy) is 2. The lowest BCUT2D eigenvalue weighted by Crippen LogP contribution is -2.28. The summed E-state index contributed by atoms with van der Waals surface area (Å²) in [5.41, 5.74) is 1.98. The Morgan fingerprint density at radius 1 is 1.24 bits per heavy atom. The predicted molar refractivity (Wildman–Crippen MR) is 80.5 cm³/mol. The molecule has 1 aromatic carbocycles. The highest BCUT2D eigenvalue weighted by molar-refractivity contribution is 5.32. The van der Waals surface area contributed by atoms with Gasteiger partial charge in [0.15, 0.2) is 0 Å². The lowest BCUT2D eigenvalue weighted by molar-refractivity contribution is 0.0579. The number of nitrogens with zero attached hydrogens (tertiary/aromatic N) is 3. The normalized spacial score (nSPS) is 12.5. The molecule has 0 fully saturated rings. The molecule has 1 aromatic heterocycles. The summed E-state index contributed by atoms with van der Waals surface area (Å²) in [5, 5.41) is 11.6. The highest BCUT2D eigenvalue weighted by atomic mass is 16.5. The fourth-order valence-corrected chi connectivity index (χ4v) is 2.09. The molecule has 21 heavy (non-hydrogen) atoms. The van der Waals surface area contributed by atoms with E-state index in [1.807, 2.05) is 35.0 Å². The van der Waals surface area contributed by atoms with Crippen molar-refractivity contribution in [3.05, 3.63) is 42.2 Å². The summed E-state index contributed by atoms with van der Waals surface area (Å²) in [5.74, 6) is 0. The zero-order valence-corrected chi connectivity index (χ0v) is 12.5. The smallest absolute Gasteiger partial charge is 0.0838 e. The summed E-state index contributed by atoms with van der Waals surface area (Å²) in [4.78, 5) is 0. The molecule has 114 valence electrons. The Labute approximate surface area is 125 Å². The van der Waals surface area contributed by atoms with Gasteiger partial charge >= 0.3 is 0 Å². The molecular weight excluding hydrogens is 268 g/mol. The first-order valence-electron chi connectivity index (χ1n) is 7.13. The highest BCUT2D eigenvalue weighted by Gasteiger charge is 2.17. The Morgan fingerprint density at radius 3 is 2.76 bits per heavy atom. The summed E-state index contributed by atoms with van der Waals surface area (Å²) in [6, 6.07) is 10.0. The zero-order chi connectivity index (χ0) is 14.9. The average Bonchev–Trinajstić information content (AvgIpc) is 3.01. The molecule has 1 N–H and O–H groups in total. The summed E-state index contributed by atoms with van der Waals surface area (Å²) in [6.45, 7) is 4.63. The Kier molecular flexibility index (Phi) is 6.33. The van der Waals surface area contributed by atoms with Crippen LogP contribution in [-0.2, 0) is 9.47 Å². The number of benzene rings is 1. The van der Waals surface area contributed by atoms with Crippen molar-refractivity contribution in [3.63, 3.8) is 0 Å². The van der Waals surface area contributed by atoms with Crippen LogP contribution in [0.5, 0.6) is 0 Å². The second-order valence-corrected chi connectivity index (χ2v) is 4.58. The number of hydrogen-bond donors (Lipinski definition) is 1. The zero-order valence-electron chi connectivity index (χ0n) is 12.5. The first kappa shape index (κ1) is 15.6. The van der Waals surface area contributed by atoms with Crippen molar-refractivity contribution in [2.75, 3.05) is 33.5 Å². The van der Waals surface area contributed by atoms with Gasteiger partial charge in [-0.1, -0.05) is 30.3 Å². The van der Waals surface area contributed by atoms with Crippen LogP contribution in [-0.4, -0.2) is 48.5 Å². The van der Waals surface area contributed by atoms with E-state index in [2.05, 4.69) is 22.6 Å². The summed E-state index contributed by atoms with van der Waals surface area (Å²) >= 11 is 0. The monoisotopic (exact) mass is 290 g/mol. The van der Waals surface area contributed by atoms with E-state index in [9.17, 15) is 0 Å². The summed E-state index contributed by atoms with van der Waals surface area (Å²) in [7, 11) is 1.67. The molecular formula is C15H22N4O2. The first-order valence-corrected chi connectivity index (χ1v) is 7.13. The maximum absolute atomic E-state index is 5.65. The van der Waals surface area contributed by atoms with Crippen molar-refractivity contribution in [2.24, 2.45) is 0 Å². The molecule has 0 saturated carbocycles. The Balaban J connectivity index is 2.11. The molecule has 2 aromatic rings. The van der Waals surface area contributed by atoms with Gasteiger partial charge in [0.2, 0.25) is 0 Å². The molecule has 1 atom stereocenters. The Bertz CT molecular complexity index is 515. The van der Waals surface area contributed by atoms with Crippen LogP contribution in [0.15, 0.2) is 36.5 Å². The van der Waals surface area contributed by atoms with Crippen molar-refractivity contribution in [1.82, 2.24) is 20.3 Å². The van der Waals surface area contributed by atoms with Gasteiger partial charge in [0.05, 0.1) is 43.4 Å². The fraction of sp³-hybridized carbons (Fsp3) is 0.467. The van der Waals surface area contributed by atoms with E-state index in [4.69, 9.17) is 9.47 Å². The third-order valence-corrected chi connectivity index (χ3v) is 3.10. The minimum Gasteiger partial charge on any atom is -0.382 e. The average molecular weight is 290 g/mol. The minimum absolute atomic E-state index is 0.0436. The number of para-hydroxylation sites is 1. The number of hydrogen-bond acceptors (Lipinski definition) is 5. The van der Waals surface area contributed by atoms with E-state index in [0.29, 0.717) is 19.8 Å². The van der Waals surface area contributed by atoms with Gasteiger partial charge < -0.3 is 14.8 Å². The van der Waals surface area contributed by atoms with Gasteiger partial charge in [0.1, 0.15) is 0 Å². The fourth-order valence-electron chi connectivity index (χ4n) is 2.09. The van der Waals surface area contributed by atoms with Gasteiger partial charge in [-0.2, -0.15) is 0 Å². The lowest BCUT2D eigenvalue weighted by atomic mass is 10.2. The maximum atomic E-state index is 5.65. The van der Waals surface area contributed by atoms with E-state index < -0.39 is 0 Å². The molecule has 0 amide bonds. The van der Waals surface area contributed by atoms with Gasteiger partial charge in [-0.15, -0.1) is 5.10 Å².